The fraction of sp³-hybridized carbons (Fsp3) is 0.100. The molecule has 140 valence electrons. The van der Waals surface area contributed by atoms with Crippen LogP contribution in [-0.2, 0) is 0 Å². The molecular formula is C20H17N5O3. The SMILES string of the molecule is Cc1ccc(-n2c(=O)[nH]c3c(C(N)=O)nc(-c4ccccc4O)nc32)cc1C. The van der Waals surface area contributed by atoms with Crippen LogP contribution in [0.4, 0.5) is 0 Å². The highest BCUT2D eigenvalue weighted by Crippen LogP contribution is 2.28. The van der Waals surface area contributed by atoms with Gasteiger partial charge in [0.05, 0.1) is 11.3 Å². The normalized spacial score (nSPS) is 11.1. The number of carbonyl (C=O) groups is 1. The van der Waals surface area contributed by atoms with Crippen LogP contribution < -0.4 is 11.4 Å². The number of aromatic amines is 1. The Balaban J connectivity index is 2.09. The van der Waals surface area contributed by atoms with Gasteiger partial charge in [-0.25, -0.2) is 19.3 Å². The molecule has 0 spiro atoms. The molecule has 4 aromatic rings. The predicted octanol–water partition coefficient (Wildman–Crippen LogP) is 2.20. The molecule has 8 nitrogen and oxygen atoms in total. The van der Waals surface area contributed by atoms with Gasteiger partial charge in [0.25, 0.3) is 5.91 Å². The number of aryl methyl sites for hydroxylation is 2. The minimum absolute atomic E-state index is 0.0483. The lowest BCUT2D eigenvalue weighted by atomic mass is 10.1. The summed E-state index contributed by atoms with van der Waals surface area (Å²) < 4.78 is 1.36. The number of para-hydroxylation sites is 1. The number of benzene rings is 2. The number of hydrogen-bond donors (Lipinski definition) is 3. The molecule has 28 heavy (non-hydrogen) atoms. The second-order valence-corrected chi connectivity index (χ2v) is 6.51. The number of hydrogen-bond acceptors (Lipinski definition) is 5. The fourth-order valence-electron chi connectivity index (χ4n) is 3.05. The Labute approximate surface area is 159 Å². The van der Waals surface area contributed by atoms with Crippen LogP contribution in [0.2, 0.25) is 0 Å². The summed E-state index contributed by atoms with van der Waals surface area (Å²) in [5.74, 6) is -0.763. The maximum absolute atomic E-state index is 12.7. The number of imidazole rings is 1. The molecule has 4 rings (SSSR count). The first-order chi connectivity index (χ1) is 13.4. The van der Waals surface area contributed by atoms with Gasteiger partial charge in [-0.2, -0.15) is 0 Å². The van der Waals surface area contributed by atoms with Crippen LogP contribution in [0.25, 0.3) is 28.2 Å². The van der Waals surface area contributed by atoms with E-state index in [4.69, 9.17) is 5.73 Å². The van der Waals surface area contributed by atoms with Crippen LogP contribution in [0.3, 0.4) is 0 Å². The molecule has 0 bridgehead atoms. The van der Waals surface area contributed by atoms with E-state index in [0.717, 1.165) is 11.1 Å². The Morgan fingerprint density at radius 2 is 1.86 bits per heavy atom. The topological polar surface area (TPSA) is 127 Å². The zero-order chi connectivity index (χ0) is 20.0. The maximum Gasteiger partial charge on any atom is 0.332 e. The van der Waals surface area contributed by atoms with Crippen molar-refractivity contribution >= 4 is 17.1 Å². The zero-order valence-corrected chi connectivity index (χ0v) is 15.2. The first kappa shape index (κ1) is 17.5. The second kappa shape index (κ2) is 6.34. The molecule has 0 radical (unpaired) electrons. The molecule has 0 aliphatic rings. The lowest BCUT2D eigenvalue weighted by Gasteiger charge is -2.09. The molecule has 8 heteroatoms. The van der Waals surface area contributed by atoms with Gasteiger partial charge in [0, 0.05) is 0 Å². The summed E-state index contributed by atoms with van der Waals surface area (Å²) in [6, 6.07) is 12.0. The van der Waals surface area contributed by atoms with Gasteiger partial charge < -0.3 is 15.8 Å². The maximum atomic E-state index is 12.7. The third kappa shape index (κ3) is 2.71. The van der Waals surface area contributed by atoms with Crippen molar-refractivity contribution in [2.45, 2.75) is 13.8 Å². The molecule has 0 aliphatic carbocycles. The van der Waals surface area contributed by atoms with Crippen LogP contribution in [0, 0.1) is 13.8 Å². The predicted molar refractivity (Wildman–Crippen MR) is 105 cm³/mol. The van der Waals surface area contributed by atoms with Gasteiger partial charge >= 0.3 is 5.69 Å². The van der Waals surface area contributed by atoms with Crippen LogP contribution in [0.5, 0.6) is 5.75 Å². The number of carbonyl (C=O) groups excluding carboxylic acids is 1. The van der Waals surface area contributed by atoms with Crippen molar-refractivity contribution in [3.63, 3.8) is 0 Å². The van der Waals surface area contributed by atoms with Gasteiger partial charge in [0.1, 0.15) is 11.3 Å². The number of phenols is 1. The van der Waals surface area contributed by atoms with Crippen molar-refractivity contribution in [3.8, 4) is 22.8 Å². The number of nitrogens with zero attached hydrogens (tertiary/aromatic N) is 3. The van der Waals surface area contributed by atoms with E-state index < -0.39 is 11.6 Å². The summed E-state index contributed by atoms with van der Waals surface area (Å²) in [5, 5.41) is 10.2. The Hall–Kier alpha value is -3.94. The van der Waals surface area contributed by atoms with Crippen molar-refractivity contribution < 1.29 is 9.90 Å². The number of H-pyrrole nitrogens is 1. The average Bonchev–Trinajstić information content (AvgIpc) is 2.99. The Kier molecular flexibility index (Phi) is 3.96. The van der Waals surface area contributed by atoms with Crippen molar-refractivity contribution in [1.82, 2.24) is 19.5 Å². The van der Waals surface area contributed by atoms with Gasteiger partial charge in [0.15, 0.2) is 17.2 Å². The second-order valence-electron chi connectivity index (χ2n) is 6.51. The van der Waals surface area contributed by atoms with E-state index in [1.807, 2.05) is 26.0 Å². The highest BCUT2D eigenvalue weighted by molar-refractivity contribution is 6.02. The van der Waals surface area contributed by atoms with Gasteiger partial charge in [-0.05, 0) is 49.2 Å². The smallest absolute Gasteiger partial charge is 0.332 e. The molecule has 0 unspecified atom stereocenters. The largest absolute Gasteiger partial charge is 0.507 e. The molecule has 2 aromatic heterocycles. The van der Waals surface area contributed by atoms with Crippen LogP contribution in [-0.4, -0.2) is 30.5 Å². The molecular weight excluding hydrogens is 358 g/mol. The third-order valence-electron chi connectivity index (χ3n) is 4.66. The summed E-state index contributed by atoms with van der Waals surface area (Å²) in [6.07, 6.45) is 0. The van der Waals surface area contributed by atoms with Crippen molar-refractivity contribution in [2.24, 2.45) is 5.73 Å². The summed E-state index contributed by atoms with van der Waals surface area (Å²) in [6.45, 7) is 3.91. The van der Waals surface area contributed by atoms with E-state index >= 15 is 0 Å². The lowest BCUT2D eigenvalue weighted by molar-refractivity contribution is 0.0997. The van der Waals surface area contributed by atoms with Gasteiger partial charge in [-0.3, -0.25) is 4.79 Å². The highest BCUT2D eigenvalue weighted by atomic mass is 16.3. The number of nitrogens with one attached hydrogen (secondary N) is 1. The van der Waals surface area contributed by atoms with Gasteiger partial charge in [-0.1, -0.05) is 18.2 Å². The summed E-state index contributed by atoms with van der Waals surface area (Å²) in [5.41, 5.74) is 8.25. The van der Waals surface area contributed by atoms with E-state index in [-0.39, 0.29) is 28.4 Å². The molecule has 2 heterocycles. The van der Waals surface area contributed by atoms with Crippen molar-refractivity contribution in [1.29, 1.82) is 0 Å². The number of amides is 1. The molecule has 0 aliphatic heterocycles. The zero-order valence-electron chi connectivity index (χ0n) is 15.2. The van der Waals surface area contributed by atoms with Crippen LogP contribution in [0.1, 0.15) is 21.6 Å². The minimum Gasteiger partial charge on any atom is -0.507 e. The number of aromatic nitrogens is 4. The van der Waals surface area contributed by atoms with E-state index in [2.05, 4.69) is 15.0 Å². The summed E-state index contributed by atoms with van der Waals surface area (Å²) in [4.78, 5) is 35.9. The number of primary amides is 1. The molecule has 0 fully saturated rings. The lowest BCUT2D eigenvalue weighted by Crippen LogP contribution is -2.15. The van der Waals surface area contributed by atoms with Gasteiger partial charge in [-0.15, -0.1) is 0 Å². The Morgan fingerprint density at radius 3 is 2.54 bits per heavy atom. The minimum atomic E-state index is -0.808. The number of fused-ring (bicyclic) bond motifs is 1. The fourth-order valence-corrected chi connectivity index (χ4v) is 3.05. The molecule has 0 saturated heterocycles. The number of nitrogens with two attached hydrogens (primary N) is 1. The molecule has 2 aromatic carbocycles. The summed E-state index contributed by atoms with van der Waals surface area (Å²) in [7, 11) is 0. The van der Waals surface area contributed by atoms with Gasteiger partial charge in [0.2, 0.25) is 0 Å². The van der Waals surface area contributed by atoms with E-state index in [0.29, 0.717) is 11.3 Å². The van der Waals surface area contributed by atoms with E-state index in [1.165, 1.54) is 10.6 Å². The van der Waals surface area contributed by atoms with Crippen molar-refractivity contribution in [2.75, 3.05) is 0 Å². The van der Waals surface area contributed by atoms with Crippen LogP contribution >= 0.6 is 0 Å². The molecule has 0 atom stereocenters. The Bertz CT molecular complexity index is 1300. The summed E-state index contributed by atoms with van der Waals surface area (Å²) >= 11 is 0. The average molecular weight is 375 g/mol. The monoisotopic (exact) mass is 375 g/mol. The molecule has 4 N–H and O–H groups in total. The van der Waals surface area contributed by atoms with E-state index in [1.54, 1.807) is 24.3 Å². The number of phenolic OH excluding ortho intramolecular Hbond substituents is 1. The number of aromatic hydroxyl groups is 1. The quantitative estimate of drug-likeness (QED) is 0.506. The molecule has 0 saturated carbocycles. The third-order valence-corrected chi connectivity index (χ3v) is 4.66. The Morgan fingerprint density at radius 1 is 1.11 bits per heavy atom. The van der Waals surface area contributed by atoms with E-state index in [9.17, 15) is 14.7 Å². The standard InChI is InChI=1S/C20H17N5O3/c1-10-7-8-12(9-11(10)2)25-19-16(23-20(25)28)15(17(21)27)22-18(24-19)13-5-3-4-6-14(13)26/h3-9,26H,1-2H3,(H2,21,27)(H,23,28). The van der Waals surface area contributed by atoms with Crippen LogP contribution in [0.15, 0.2) is 47.3 Å². The van der Waals surface area contributed by atoms with Crippen molar-refractivity contribution in [3.05, 3.63) is 69.8 Å². The first-order valence-corrected chi connectivity index (χ1v) is 8.55. The highest BCUT2D eigenvalue weighted by Gasteiger charge is 2.21. The number of rotatable bonds is 3. The molecule has 1 amide bonds. The first-order valence-electron chi connectivity index (χ1n) is 8.55.